The van der Waals surface area contributed by atoms with Crippen LogP contribution in [-0.2, 0) is 13.9 Å². The molecule has 0 radical (unpaired) electrons. The van der Waals surface area contributed by atoms with Gasteiger partial charge in [0.1, 0.15) is 14.3 Å². The van der Waals surface area contributed by atoms with Gasteiger partial charge in [-0.15, -0.1) is 0 Å². The fourth-order valence-corrected chi connectivity index (χ4v) is 21.1. The van der Waals surface area contributed by atoms with Crippen LogP contribution in [0.15, 0.2) is 0 Å². The van der Waals surface area contributed by atoms with E-state index in [1.54, 1.807) is 7.11 Å². The average molecular weight is 501 g/mol. The molecule has 0 spiro atoms. The quantitative estimate of drug-likeness (QED) is 0.345. The summed E-state index contributed by atoms with van der Waals surface area (Å²) in [6.45, 7) is 0.135. The third-order valence-corrected chi connectivity index (χ3v) is 20.6. The molecule has 1 N–H and O–H groups in total. The van der Waals surface area contributed by atoms with Crippen LogP contribution in [0.5, 0.6) is 0 Å². The summed E-state index contributed by atoms with van der Waals surface area (Å²) in [6.07, 6.45) is 20.0. The Morgan fingerprint density at radius 1 is 0.636 bits per heavy atom. The van der Waals surface area contributed by atoms with Crippen LogP contribution in [0.1, 0.15) is 116 Å². The maximum atomic E-state index is 15.6. The highest BCUT2D eigenvalue weighted by Gasteiger charge is 2.54. The Kier molecular flexibility index (Phi) is 9.68. The van der Waals surface area contributed by atoms with Gasteiger partial charge >= 0.3 is 0 Å². The summed E-state index contributed by atoms with van der Waals surface area (Å²) >= 11 is 0. The number of hydrogen-bond acceptors (Lipinski definition) is 4. The highest BCUT2D eigenvalue weighted by molar-refractivity contribution is 7.82. The third kappa shape index (κ3) is 5.70. The number of hydrogen-bond donors (Lipinski definition) is 1. The first-order valence-corrected chi connectivity index (χ1v) is 18.4. The molecule has 4 nitrogen and oxygen atoms in total. The van der Waals surface area contributed by atoms with Gasteiger partial charge < -0.3 is 19.0 Å². The van der Waals surface area contributed by atoms with E-state index in [4.69, 9.17) is 4.74 Å². The maximum absolute atomic E-state index is 15.6. The van der Waals surface area contributed by atoms with Crippen molar-refractivity contribution in [1.29, 1.82) is 0 Å². The van der Waals surface area contributed by atoms with Gasteiger partial charge in [-0.25, -0.2) is 0 Å². The van der Waals surface area contributed by atoms with Crippen molar-refractivity contribution >= 4 is 14.3 Å². The number of aliphatic hydroxyl groups excluding tert-OH is 1. The van der Waals surface area contributed by atoms with Crippen molar-refractivity contribution in [2.45, 2.75) is 144 Å². The first-order chi connectivity index (χ1) is 16.0. The molecule has 4 fully saturated rings. The van der Waals surface area contributed by atoms with Gasteiger partial charge in [0, 0.05) is 36.4 Å². The van der Waals surface area contributed by atoms with Crippen molar-refractivity contribution in [2.75, 3.05) is 19.6 Å². The molecule has 0 aromatic carbocycles. The summed E-state index contributed by atoms with van der Waals surface area (Å²) in [5.41, 5.74) is 0.693. The summed E-state index contributed by atoms with van der Waals surface area (Å²) < 4.78 is 36.9. The van der Waals surface area contributed by atoms with Crippen LogP contribution in [0, 0.1) is 5.92 Å². The van der Waals surface area contributed by atoms with Gasteiger partial charge in [-0.05, 0) is 57.3 Å². The number of rotatable bonds is 8. The summed E-state index contributed by atoms with van der Waals surface area (Å²) in [5.74, 6) is 0.622. The summed E-state index contributed by atoms with van der Waals surface area (Å²) in [7, 11) is -3.63. The van der Waals surface area contributed by atoms with Gasteiger partial charge in [0.15, 0.2) is 0 Å². The molecular formula is C27H50O4P2. The van der Waals surface area contributed by atoms with E-state index in [2.05, 4.69) is 0 Å². The Morgan fingerprint density at radius 3 is 1.67 bits per heavy atom. The second-order valence-corrected chi connectivity index (χ2v) is 19.2. The molecule has 0 aromatic rings. The van der Waals surface area contributed by atoms with Crippen LogP contribution in [0.3, 0.4) is 0 Å². The summed E-state index contributed by atoms with van der Waals surface area (Å²) in [5, 5.41) is 10.3. The molecule has 0 amide bonds. The largest absolute Gasteiger partial charge is 0.396 e. The fraction of sp³-hybridized carbons (Fsp3) is 1.00. The molecule has 0 bridgehead atoms. The number of methoxy groups -OCH3 is 1. The molecular weight excluding hydrogens is 450 g/mol. The third-order valence-electron chi connectivity index (χ3n) is 10.0. The Labute approximate surface area is 203 Å². The SMILES string of the molecule is COC1CCCCC1P(=O)(CP(=O)(C1CCCCC1)C1CCCCC1)C1CCCCC1CO. The monoisotopic (exact) mass is 500 g/mol. The first kappa shape index (κ1) is 26.4. The van der Waals surface area contributed by atoms with Crippen LogP contribution in [0.4, 0.5) is 0 Å². The van der Waals surface area contributed by atoms with Crippen molar-refractivity contribution in [3.63, 3.8) is 0 Å². The summed E-state index contributed by atoms with van der Waals surface area (Å²) in [4.78, 5) is 0. The van der Waals surface area contributed by atoms with Crippen molar-refractivity contribution in [2.24, 2.45) is 5.92 Å². The van der Waals surface area contributed by atoms with Gasteiger partial charge in [0.25, 0.3) is 0 Å². The minimum Gasteiger partial charge on any atom is -0.396 e. The minimum absolute atomic E-state index is 0.0389. The zero-order chi connectivity index (χ0) is 23.3. The van der Waals surface area contributed by atoms with E-state index in [1.165, 1.54) is 38.5 Å². The molecule has 192 valence electrons. The molecule has 4 rings (SSSR count). The van der Waals surface area contributed by atoms with E-state index in [9.17, 15) is 5.11 Å². The Bertz CT molecular complexity index is 648. The van der Waals surface area contributed by atoms with Crippen molar-refractivity contribution in [3.8, 4) is 0 Å². The molecule has 0 saturated heterocycles. The molecule has 4 aliphatic rings. The van der Waals surface area contributed by atoms with E-state index in [0.717, 1.165) is 77.0 Å². The molecule has 0 aliphatic heterocycles. The Balaban J connectivity index is 1.73. The number of aliphatic hydroxyl groups is 1. The van der Waals surface area contributed by atoms with E-state index in [1.807, 2.05) is 0 Å². The lowest BCUT2D eigenvalue weighted by atomic mass is 9.89. The second-order valence-electron chi connectivity index (χ2n) is 11.9. The standard InChI is InChI=1S/C27H50O4P2/c1-31-25-17-9-11-19-27(25)33(30,26-18-10-8-12-22(26)20-28)21-32(29,23-13-4-2-5-14-23)24-15-6-3-7-16-24/h22-28H,2-21H2,1H3. The Hall–Kier alpha value is 0.380. The second kappa shape index (κ2) is 12.1. The molecule has 5 atom stereocenters. The van der Waals surface area contributed by atoms with Crippen LogP contribution < -0.4 is 0 Å². The van der Waals surface area contributed by atoms with E-state index in [-0.39, 0.29) is 29.9 Å². The van der Waals surface area contributed by atoms with Crippen LogP contribution in [0.25, 0.3) is 0 Å². The Morgan fingerprint density at radius 2 is 1.12 bits per heavy atom. The molecule has 33 heavy (non-hydrogen) atoms. The lowest BCUT2D eigenvalue weighted by Gasteiger charge is -2.48. The summed E-state index contributed by atoms with van der Waals surface area (Å²) in [6, 6.07) is 0. The lowest BCUT2D eigenvalue weighted by molar-refractivity contribution is 0.0721. The van der Waals surface area contributed by atoms with Crippen molar-refractivity contribution in [3.05, 3.63) is 0 Å². The smallest absolute Gasteiger partial charge is 0.103 e. The zero-order valence-corrected chi connectivity index (χ0v) is 23.0. The van der Waals surface area contributed by atoms with Gasteiger partial charge in [0.2, 0.25) is 0 Å². The van der Waals surface area contributed by atoms with Gasteiger partial charge in [0.05, 0.1) is 12.0 Å². The van der Waals surface area contributed by atoms with Gasteiger partial charge in [-0.1, -0.05) is 64.2 Å². The highest BCUT2D eigenvalue weighted by atomic mass is 31.2. The van der Waals surface area contributed by atoms with E-state index < -0.39 is 14.3 Å². The van der Waals surface area contributed by atoms with Gasteiger partial charge in [-0.3, -0.25) is 0 Å². The zero-order valence-electron chi connectivity index (χ0n) is 21.2. The number of ether oxygens (including phenoxy) is 1. The predicted molar refractivity (Wildman–Crippen MR) is 140 cm³/mol. The van der Waals surface area contributed by atoms with Gasteiger partial charge in [-0.2, -0.15) is 0 Å². The predicted octanol–water partition coefficient (Wildman–Crippen LogP) is 7.84. The van der Waals surface area contributed by atoms with Crippen LogP contribution in [-0.4, -0.2) is 53.5 Å². The minimum atomic E-state index is -2.82. The van der Waals surface area contributed by atoms with Crippen molar-refractivity contribution in [1.82, 2.24) is 0 Å². The maximum Gasteiger partial charge on any atom is 0.103 e. The van der Waals surface area contributed by atoms with Crippen LogP contribution in [0.2, 0.25) is 0 Å². The van der Waals surface area contributed by atoms with E-state index >= 15 is 9.13 Å². The first-order valence-electron chi connectivity index (χ1n) is 14.3. The van der Waals surface area contributed by atoms with Crippen molar-refractivity contribution < 1.29 is 19.0 Å². The molecule has 5 unspecified atom stereocenters. The molecule has 0 heterocycles. The molecule has 6 heteroatoms. The molecule has 0 aromatic heterocycles. The lowest BCUT2D eigenvalue weighted by Crippen LogP contribution is -2.40. The van der Waals surface area contributed by atoms with E-state index in [0.29, 0.717) is 17.2 Å². The average Bonchev–Trinajstić information content (AvgIpc) is 2.89. The molecule has 4 saturated carbocycles. The topological polar surface area (TPSA) is 63.6 Å². The normalized spacial score (nSPS) is 35.2. The highest BCUT2D eigenvalue weighted by Crippen LogP contribution is 2.76. The molecule has 4 aliphatic carbocycles. The fourth-order valence-electron chi connectivity index (χ4n) is 8.20. The van der Waals surface area contributed by atoms with Crippen LogP contribution >= 0.6 is 14.3 Å².